The Morgan fingerprint density at radius 3 is 1.50 bits per heavy atom. The van der Waals surface area contributed by atoms with Crippen LogP contribution in [0.25, 0.3) is 21.5 Å². The van der Waals surface area contributed by atoms with Gasteiger partial charge in [0.2, 0.25) is 11.8 Å². The maximum Gasteiger partial charge on any atom is 0.282 e. The third-order valence-corrected chi connectivity index (χ3v) is 5.82. The lowest BCUT2D eigenvalue weighted by atomic mass is 10.1. The first-order chi connectivity index (χ1) is 16.3. The standard InChI is InChI=1S/C24H18N4O6/c29-23-21-17(6-2-8-19(21)27(31)32)13-25(23)11-15-4-1-5-16(10-15)12-26-14-18-7-3-9-20(28(33)34)22(18)24(26)30/h1-10,13-14,29-30H,11-12H2. The summed E-state index contributed by atoms with van der Waals surface area (Å²) in [6.45, 7) is 0.549. The fraction of sp³-hybridized carbons (Fsp3) is 0.0833. The summed E-state index contributed by atoms with van der Waals surface area (Å²) in [5, 5.41) is 45.4. The zero-order valence-corrected chi connectivity index (χ0v) is 17.7. The van der Waals surface area contributed by atoms with Gasteiger partial charge in [-0.05, 0) is 11.1 Å². The van der Waals surface area contributed by atoms with Gasteiger partial charge in [0.1, 0.15) is 10.8 Å². The molecule has 0 aliphatic heterocycles. The first-order valence-electron chi connectivity index (χ1n) is 10.3. The van der Waals surface area contributed by atoms with E-state index >= 15 is 0 Å². The largest absolute Gasteiger partial charge is 0.494 e. The fourth-order valence-electron chi connectivity index (χ4n) is 4.33. The van der Waals surface area contributed by atoms with E-state index in [1.54, 1.807) is 45.8 Å². The van der Waals surface area contributed by atoms with Crippen molar-refractivity contribution < 1.29 is 20.1 Å². The zero-order valence-electron chi connectivity index (χ0n) is 17.7. The van der Waals surface area contributed by atoms with Gasteiger partial charge in [-0.2, -0.15) is 0 Å². The molecule has 0 fully saturated rings. The molecule has 0 amide bonds. The van der Waals surface area contributed by atoms with E-state index in [-0.39, 0.29) is 47.0 Å². The van der Waals surface area contributed by atoms with E-state index in [0.717, 1.165) is 11.1 Å². The molecule has 0 saturated carbocycles. The van der Waals surface area contributed by atoms with Crippen LogP contribution in [0.1, 0.15) is 11.1 Å². The average molecular weight is 458 g/mol. The molecule has 2 N–H and O–H groups in total. The van der Waals surface area contributed by atoms with Crippen LogP contribution in [0.2, 0.25) is 0 Å². The van der Waals surface area contributed by atoms with E-state index < -0.39 is 9.85 Å². The summed E-state index contributed by atoms with van der Waals surface area (Å²) in [6.07, 6.45) is 3.32. The van der Waals surface area contributed by atoms with Crippen molar-refractivity contribution >= 4 is 32.9 Å². The van der Waals surface area contributed by atoms with E-state index in [1.807, 2.05) is 24.3 Å². The molecule has 0 saturated heterocycles. The average Bonchev–Trinajstić information content (AvgIpc) is 3.30. The third-order valence-electron chi connectivity index (χ3n) is 5.82. The molecule has 0 bridgehead atoms. The molecule has 10 nitrogen and oxygen atoms in total. The second-order valence-corrected chi connectivity index (χ2v) is 7.98. The van der Waals surface area contributed by atoms with Gasteiger partial charge in [-0.15, -0.1) is 0 Å². The van der Waals surface area contributed by atoms with Crippen molar-refractivity contribution in [3.8, 4) is 11.8 Å². The van der Waals surface area contributed by atoms with Gasteiger partial charge in [0.25, 0.3) is 11.4 Å². The molecule has 0 aliphatic rings. The Bertz CT molecular complexity index is 1490. The molecule has 2 heterocycles. The van der Waals surface area contributed by atoms with Gasteiger partial charge in [0.05, 0.1) is 22.9 Å². The number of non-ortho nitro benzene ring substituents is 2. The Balaban J connectivity index is 1.47. The molecular weight excluding hydrogens is 440 g/mol. The summed E-state index contributed by atoms with van der Waals surface area (Å²) in [4.78, 5) is 21.6. The van der Waals surface area contributed by atoms with Crippen LogP contribution >= 0.6 is 0 Å². The van der Waals surface area contributed by atoms with Crippen LogP contribution in [-0.4, -0.2) is 29.2 Å². The molecule has 0 atom stereocenters. The molecule has 5 aromatic rings. The Labute approximate surface area is 191 Å². The molecule has 10 heteroatoms. The van der Waals surface area contributed by atoms with Crippen LogP contribution in [0.15, 0.2) is 73.1 Å². The minimum Gasteiger partial charge on any atom is -0.494 e. The van der Waals surface area contributed by atoms with E-state index in [0.29, 0.717) is 10.8 Å². The Morgan fingerprint density at radius 2 is 1.09 bits per heavy atom. The molecule has 5 rings (SSSR count). The van der Waals surface area contributed by atoms with Gasteiger partial charge >= 0.3 is 0 Å². The molecule has 0 radical (unpaired) electrons. The fourth-order valence-corrected chi connectivity index (χ4v) is 4.33. The summed E-state index contributed by atoms with van der Waals surface area (Å²) in [6, 6.07) is 16.7. The van der Waals surface area contributed by atoms with E-state index in [9.17, 15) is 30.4 Å². The third kappa shape index (κ3) is 3.47. The topological polar surface area (TPSA) is 137 Å². The number of fused-ring (bicyclic) bond motifs is 2. The highest BCUT2D eigenvalue weighted by atomic mass is 16.6. The minimum absolute atomic E-state index is 0.160. The molecule has 0 spiro atoms. The van der Waals surface area contributed by atoms with Crippen molar-refractivity contribution in [1.82, 2.24) is 9.13 Å². The van der Waals surface area contributed by atoms with Gasteiger partial charge in [-0.3, -0.25) is 20.2 Å². The van der Waals surface area contributed by atoms with Crippen molar-refractivity contribution in [2.24, 2.45) is 0 Å². The molecule has 34 heavy (non-hydrogen) atoms. The second-order valence-electron chi connectivity index (χ2n) is 7.98. The summed E-state index contributed by atoms with van der Waals surface area (Å²) < 4.78 is 3.09. The molecular formula is C24H18N4O6. The van der Waals surface area contributed by atoms with Crippen LogP contribution in [0, 0.1) is 20.2 Å². The summed E-state index contributed by atoms with van der Waals surface area (Å²) in [7, 11) is 0. The van der Waals surface area contributed by atoms with Crippen LogP contribution in [-0.2, 0) is 13.1 Å². The summed E-state index contributed by atoms with van der Waals surface area (Å²) in [5.74, 6) is -0.372. The van der Waals surface area contributed by atoms with Gasteiger partial charge in [0, 0.05) is 35.3 Å². The Morgan fingerprint density at radius 1 is 0.676 bits per heavy atom. The number of aromatic hydroxyl groups is 2. The molecule has 170 valence electrons. The van der Waals surface area contributed by atoms with Gasteiger partial charge < -0.3 is 19.3 Å². The van der Waals surface area contributed by atoms with Crippen molar-refractivity contribution in [3.63, 3.8) is 0 Å². The van der Waals surface area contributed by atoms with E-state index in [1.165, 1.54) is 12.1 Å². The van der Waals surface area contributed by atoms with Gasteiger partial charge in [-0.1, -0.05) is 48.5 Å². The lowest BCUT2D eigenvalue weighted by Crippen LogP contribution is -2.01. The molecule has 3 aromatic carbocycles. The normalized spacial score (nSPS) is 11.3. The highest BCUT2D eigenvalue weighted by Crippen LogP contribution is 2.36. The number of nitrogens with zero attached hydrogens (tertiary/aromatic N) is 4. The van der Waals surface area contributed by atoms with E-state index in [4.69, 9.17) is 0 Å². The Kier molecular flexibility index (Phi) is 4.90. The number of rotatable bonds is 6. The lowest BCUT2D eigenvalue weighted by molar-refractivity contribution is -0.383. The predicted octanol–water partition coefficient (Wildman–Crippen LogP) is 4.92. The first kappa shape index (κ1) is 21.0. The quantitative estimate of drug-likeness (QED) is 0.274. The number of aromatic nitrogens is 2. The zero-order chi connectivity index (χ0) is 24.0. The van der Waals surface area contributed by atoms with Gasteiger partial charge in [-0.25, -0.2) is 0 Å². The number of nitro groups is 2. The van der Waals surface area contributed by atoms with E-state index in [2.05, 4.69) is 0 Å². The van der Waals surface area contributed by atoms with Crippen molar-refractivity contribution in [2.75, 3.05) is 0 Å². The monoisotopic (exact) mass is 458 g/mol. The number of hydrogen-bond acceptors (Lipinski definition) is 6. The number of nitro benzene ring substituents is 2. The molecule has 2 aromatic heterocycles. The SMILES string of the molecule is O=[N+]([O-])c1cccc2cn(Cc3cccc(Cn4cc5cccc([N+](=O)[O-])c5c4O)c3)c(O)c12. The smallest absolute Gasteiger partial charge is 0.282 e. The van der Waals surface area contributed by atoms with Crippen molar-refractivity contribution in [1.29, 1.82) is 0 Å². The molecule has 0 aliphatic carbocycles. The maximum absolute atomic E-state index is 11.3. The number of benzene rings is 3. The van der Waals surface area contributed by atoms with Crippen LogP contribution in [0.5, 0.6) is 11.8 Å². The van der Waals surface area contributed by atoms with Crippen LogP contribution in [0.3, 0.4) is 0 Å². The first-order valence-corrected chi connectivity index (χ1v) is 10.3. The van der Waals surface area contributed by atoms with Crippen LogP contribution < -0.4 is 0 Å². The maximum atomic E-state index is 11.3. The Hall–Kier alpha value is -4.86. The van der Waals surface area contributed by atoms with Crippen LogP contribution in [0.4, 0.5) is 11.4 Å². The summed E-state index contributed by atoms with van der Waals surface area (Å²) in [5.41, 5.74) is 1.34. The minimum atomic E-state index is -0.523. The lowest BCUT2D eigenvalue weighted by Gasteiger charge is -2.09. The number of hydrogen-bond donors (Lipinski definition) is 2. The molecule has 0 unspecified atom stereocenters. The predicted molar refractivity (Wildman–Crippen MR) is 125 cm³/mol. The highest BCUT2D eigenvalue weighted by Gasteiger charge is 2.21. The van der Waals surface area contributed by atoms with Crippen molar-refractivity contribution in [2.45, 2.75) is 13.1 Å². The highest BCUT2D eigenvalue weighted by molar-refractivity contribution is 5.96. The van der Waals surface area contributed by atoms with Crippen molar-refractivity contribution in [3.05, 3.63) is 104 Å². The second kappa shape index (κ2) is 7.93. The van der Waals surface area contributed by atoms with Gasteiger partial charge in [0.15, 0.2) is 0 Å². The summed E-state index contributed by atoms with van der Waals surface area (Å²) >= 11 is 0.